The van der Waals surface area contributed by atoms with Gasteiger partial charge < -0.3 is 10.8 Å². The lowest BCUT2D eigenvalue weighted by Gasteiger charge is -2.16. The van der Waals surface area contributed by atoms with E-state index in [1.165, 1.54) is 0 Å². The average Bonchev–Trinajstić information content (AvgIpc) is 3.38. The maximum absolute atomic E-state index is 11.6. The molecule has 3 aromatic heterocycles. The van der Waals surface area contributed by atoms with Crippen molar-refractivity contribution in [3.05, 3.63) is 60.9 Å². The van der Waals surface area contributed by atoms with Crippen LogP contribution >= 0.6 is 0 Å². The van der Waals surface area contributed by atoms with E-state index in [-0.39, 0.29) is 0 Å². The molecule has 0 fully saturated rings. The Hall–Kier alpha value is -3.96. The van der Waals surface area contributed by atoms with E-state index < -0.39 is 16.9 Å². The van der Waals surface area contributed by atoms with Gasteiger partial charge in [0.2, 0.25) is 5.91 Å². The van der Waals surface area contributed by atoms with Crippen LogP contribution in [0.1, 0.15) is 33.4 Å². The molecule has 0 saturated carbocycles. The van der Waals surface area contributed by atoms with Crippen molar-refractivity contribution in [3.8, 4) is 34.1 Å². The minimum absolute atomic E-state index is 0.414. The Morgan fingerprint density at radius 1 is 1.06 bits per heavy atom. The second-order valence-corrected chi connectivity index (χ2v) is 9.18. The lowest BCUT2D eigenvalue weighted by atomic mass is 9.93. The molecule has 4 aromatic rings. The number of fused-ring (bicyclic) bond motifs is 1. The lowest BCUT2D eigenvalue weighted by molar-refractivity contribution is -0.123. The zero-order chi connectivity index (χ0) is 23.8. The van der Waals surface area contributed by atoms with E-state index in [0.717, 1.165) is 27.8 Å². The van der Waals surface area contributed by atoms with Crippen LogP contribution in [-0.4, -0.2) is 41.0 Å². The van der Waals surface area contributed by atoms with E-state index in [1.807, 2.05) is 30.5 Å². The number of primary amides is 1. The fourth-order valence-corrected chi connectivity index (χ4v) is 3.36. The molecule has 0 bridgehead atoms. The molecule has 0 aliphatic rings. The topological polar surface area (TPSA) is 111 Å². The van der Waals surface area contributed by atoms with Crippen LogP contribution < -0.4 is 5.73 Å². The maximum Gasteiger partial charge on any atom is 0.235 e. The number of benzene rings is 1. The average molecular weight is 443 g/mol. The summed E-state index contributed by atoms with van der Waals surface area (Å²) in [5, 5.41) is 18.8. The van der Waals surface area contributed by atoms with E-state index in [1.54, 1.807) is 61.7 Å². The van der Waals surface area contributed by atoms with Gasteiger partial charge >= 0.3 is 0 Å². The zero-order valence-electron chi connectivity index (χ0n) is 19.1. The molecule has 0 aliphatic heterocycles. The quantitative estimate of drug-likeness (QED) is 0.462. The molecule has 3 N–H and O–H groups in total. The van der Waals surface area contributed by atoms with Crippen LogP contribution in [0.3, 0.4) is 0 Å². The summed E-state index contributed by atoms with van der Waals surface area (Å²) >= 11 is 0. The summed E-state index contributed by atoms with van der Waals surface area (Å²) in [6.45, 7) is 7.28. The SMILES string of the molecule is CC(C)(O)Cn1cc(-c2ccc(-c3cnn4ccnc(C#CC(C)(C)C(N)=O)c34)cc2)cn1. The van der Waals surface area contributed by atoms with E-state index in [0.29, 0.717) is 12.2 Å². The minimum Gasteiger partial charge on any atom is -0.389 e. The Bertz CT molecular complexity index is 1380. The van der Waals surface area contributed by atoms with Crippen molar-refractivity contribution >= 4 is 11.4 Å². The number of nitrogens with zero attached hydrogens (tertiary/aromatic N) is 5. The first-order chi connectivity index (χ1) is 15.5. The van der Waals surface area contributed by atoms with Crippen LogP contribution in [-0.2, 0) is 11.3 Å². The molecule has 0 radical (unpaired) electrons. The van der Waals surface area contributed by atoms with E-state index in [2.05, 4.69) is 27.0 Å². The van der Waals surface area contributed by atoms with Crippen LogP contribution in [0.25, 0.3) is 27.8 Å². The van der Waals surface area contributed by atoms with Crippen molar-refractivity contribution in [2.24, 2.45) is 11.1 Å². The Morgan fingerprint density at radius 2 is 1.76 bits per heavy atom. The van der Waals surface area contributed by atoms with Crippen LogP contribution in [0.15, 0.2) is 55.2 Å². The second kappa shape index (κ2) is 8.19. The number of hydrogen-bond acceptors (Lipinski definition) is 5. The fraction of sp³-hybridized carbons (Fsp3) is 0.280. The first-order valence-corrected chi connectivity index (χ1v) is 10.5. The molecule has 0 saturated heterocycles. The summed E-state index contributed by atoms with van der Waals surface area (Å²) in [7, 11) is 0. The number of aromatic nitrogens is 5. The number of rotatable bonds is 5. The Morgan fingerprint density at radius 3 is 2.42 bits per heavy atom. The van der Waals surface area contributed by atoms with Gasteiger partial charge in [-0.05, 0) is 44.7 Å². The molecule has 0 aliphatic carbocycles. The predicted octanol–water partition coefficient (Wildman–Crippen LogP) is 2.89. The molecular formula is C25H26N6O2. The van der Waals surface area contributed by atoms with Crippen molar-refractivity contribution in [2.45, 2.75) is 39.8 Å². The van der Waals surface area contributed by atoms with Crippen LogP contribution in [0.5, 0.6) is 0 Å². The summed E-state index contributed by atoms with van der Waals surface area (Å²) in [5.74, 6) is 5.45. The summed E-state index contributed by atoms with van der Waals surface area (Å²) in [4.78, 5) is 16.0. The molecule has 0 unspecified atom stereocenters. The standard InChI is InChI=1S/C25H26N6O2/c1-24(2,23(26)32)10-9-21-22-20(14-29-31(22)12-11-27-21)18-7-5-17(6-8-18)19-13-28-30(15-19)16-25(3,4)33/h5-8,11-15,33H,16H2,1-4H3,(H2,26,32). The molecule has 8 heteroatoms. The Labute approximate surface area is 192 Å². The smallest absolute Gasteiger partial charge is 0.235 e. The van der Waals surface area contributed by atoms with Gasteiger partial charge in [0.05, 0.1) is 24.5 Å². The van der Waals surface area contributed by atoms with Gasteiger partial charge in [0.15, 0.2) is 0 Å². The molecule has 8 nitrogen and oxygen atoms in total. The first-order valence-electron chi connectivity index (χ1n) is 10.5. The number of carbonyl (C=O) groups excluding carboxylic acids is 1. The van der Waals surface area contributed by atoms with Crippen LogP contribution in [0, 0.1) is 17.3 Å². The number of carbonyl (C=O) groups is 1. The largest absolute Gasteiger partial charge is 0.389 e. The molecule has 3 heterocycles. The number of amides is 1. The number of hydrogen-bond donors (Lipinski definition) is 2. The molecule has 1 amide bonds. The van der Waals surface area contributed by atoms with Crippen molar-refractivity contribution in [1.82, 2.24) is 24.4 Å². The van der Waals surface area contributed by atoms with Crippen LogP contribution in [0.2, 0.25) is 0 Å². The van der Waals surface area contributed by atoms with Gasteiger partial charge in [-0.2, -0.15) is 10.2 Å². The first kappa shape index (κ1) is 22.2. The third-order valence-corrected chi connectivity index (χ3v) is 5.25. The molecule has 33 heavy (non-hydrogen) atoms. The number of nitrogens with two attached hydrogens (primary N) is 1. The normalized spacial score (nSPS) is 11.9. The lowest BCUT2D eigenvalue weighted by Crippen LogP contribution is -2.29. The summed E-state index contributed by atoms with van der Waals surface area (Å²) in [6, 6.07) is 8.05. The Kier molecular flexibility index (Phi) is 5.52. The van der Waals surface area contributed by atoms with Crippen molar-refractivity contribution in [3.63, 3.8) is 0 Å². The van der Waals surface area contributed by atoms with Gasteiger partial charge in [0, 0.05) is 29.7 Å². The molecule has 4 rings (SSSR count). The van der Waals surface area contributed by atoms with Crippen LogP contribution in [0.4, 0.5) is 0 Å². The minimum atomic E-state index is -0.966. The van der Waals surface area contributed by atoms with Gasteiger partial charge in [-0.15, -0.1) is 0 Å². The molecular weight excluding hydrogens is 416 g/mol. The van der Waals surface area contributed by atoms with Gasteiger partial charge in [-0.3, -0.25) is 9.48 Å². The predicted molar refractivity (Wildman–Crippen MR) is 126 cm³/mol. The molecule has 0 atom stereocenters. The molecule has 0 spiro atoms. The van der Waals surface area contributed by atoms with Gasteiger partial charge in [0.1, 0.15) is 16.6 Å². The molecule has 1 aromatic carbocycles. The number of aliphatic hydroxyl groups is 1. The second-order valence-electron chi connectivity index (χ2n) is 9.18. The van der Waals surface area contributed by atoms with Crippen molar-refractivity contribution in [1.29, 1.82) is 0 Å². The highest BCUT2D eigenvalue weighted by Crippen LogP contribution is 2.29. The summed E-state index contributed by atoms with van der Waals surface area (Å²) in [5.41, 5.74) is 8.75. The van der Waals surface area contributed by atoms with Crippen molar-refractivity contribution < 1.29 is 9.90 Å². The third-order valence-electron chi connectivity index (χ3n) is 5.25. The third kappa shape index (κ3) is 4.78. The van der Waals surface area contributed by atoms with E-state index in [9.17, 15) is 9.90 Å². The Balaban J connectivity index is 1.68. The highest BCUT2D eigenvalue weighted by atomic mass is 16.3. The van der Waals surface area contributed by atoms with Gasteiger partial charge in [-0.1, -0.05) is 30.2 Å². The summed E-state index contributed by atoms with van der Waals surface area (Å²) < 4.78 is 3.46. The summed E-state index contributed by atoms with van der Waals surface area (Å²) in [6.07, 6.45) is 8.86. The fourth-order valence-electron chi connectivity index (χ4n) is 3.36. The van der Waals surface area contributed by atoms with E-state index >= 15 is 0 Å². The highest BCUT2D eigenvalue weighted by molar-refractivity contribution is 5.86. The monoisotopic (exact) mass is 442 g/mol. The van der Waals surface area contributed by atoms with Gasteiger partial charge in [0.25, 0.3) is 0 Å². The maximum atomic E-state index is 11.6. The van der Waals surface area contributed by atoms with E-state index in [4.69, 9.17) is 5.73 Å². The zero-order valence-corrected chi connectivity index (χ0v) is 19.1. The van der Waals surface area contributed by atoms with Crippen molar-refractivity contribution in [2.75, 3.05) is 0 Å². The van der Waals surface area contributed by atoms with Gasteiger partial charge in [-0.25, -0.2) is 9.50 Å². The highest BCUT2D eigenvalue weighted by Gasteiger charge is 2.22. The molecule has 168 valence electrons.